The SMILES string of the molecule is CC(C)(C)C(=O)C(C(O)C(Cl)(Cl)Cl)n1ccnc1. The van der Waals surface area contributed by atoms with E-state index in [-0.39, 0.29) is 5.78 Å². The Balaban J connectivity index is 3.17. The van der Waals surface area contributed by atoms with Gasteiger partial charge in [-0.15, -0.1) is 0 Å². The molecule has 0 aliphatic rings. The van der Waals surface area contributed by atoms with Crippen LogP contribution in [0.5, 0.6) is 0 Å². The number of nitrogens with zero attached hydrogens (tertiary/aromatic N) is 2. The molecule has 0 aromatic carbocycles. The summed E-state index contributed by atoms with van der Waals surface area (Å²) < 4.78 is -0.504. The lowest BCUT2D eigenvalue weighted by Gasteiger charge is -2.32. The number of aliphatic hydroxyl groups excluding tert-OH is 1. The third-order valence-corrected chi connectivity index (χ3v) is 3.16. The predicted octanol–water partition coefficient (Wildman–Crippen LogP) is 2.77. The second-order valence-corrected chi connectivity index (χ2v) is 7.42. The van der Waals surface area contributed by atoms with Crippen molar-refractivity contribution < 1.29 is 9.90 Å². The lowest BCUT2D eigenvalue weighted by Crippen LogP contribution is -2.43. The van der Waals surface area contributed by atoms with Crippen LogP contribution in [0, 0.1) is 5.41 Å². The first-order valence-electron chi connectivity index (χ1n) is 5.31. The normalized spacial score (nSPS) is 16.4. The summed E-state index contributed by atoms with van der Waals surface area (Å²) in [4.78, 5) is 16.2. The first-order chi connectivity index (χ1) is 8.05. The Kier molecular flexibility index (Phi) is 4.70. The Morgan fingerprint density at radius 1 is 1.33 bits per heavy atom. The number of aliphatic hydroxyl groups is 1. The van der Waals surface area contributed by atoms with E-state index in [0.29, 0.717) is 0 Å². The summed E-state index contributed by atoms with van der Waals surface area (Å²) in [5.41, 5.74) is -0.675. The van der Waals surface area contributed by atoms with Gasteiger partial charge in [-0.3, -0.25) is 4.79 Å². The van der Waals surface area contributed by atoms with Crippen molar-refractivity contribution in [3.63, 3.8) is 0 Å². The smallest absolute Gasteiger partial charge is 0.218 e. The second kappa shape index (κ2) is 5.37. The number of alkyl halides is 3. The fraction of sp³-hybridized carbons (Fsp3) is 0.636. The highest BCUT2D eigenvalue weighted by Gasteiger charge is 2.44. The number of hydrogen-bond acceptors (Lipinski definition) is 3. The molecule has 0 saturated carbocycles. The molecule has 2 atom stereocenters. The molecule has 0 bridgehead atoms. The molecule has 2 unspecified atom stereocenters. The van der Waals surface area contributed by atoms with E-state index in [1.165, 1.54) is 17.1 Å². The minimum atomic E-state index is -1.95. The van der Waals surface area contributed by atoms with Crippen LogP contribution in [0.2, 0.25) is 0 Å². The lowest BCUT2D eigenvalue weighted by atomic mass is 9.84. The van der Waals surface area contributed by atoms with Crippen molar-refractivity contribution in [1.82, 2.24) is 9.55 Å². The molecule has 7 heteroatoms. The van der Waals surface area contributed by atoms with Gasteiger partial charge in [-0.2, -0.15) is 0 Å². The molecule has 0 spiro atoms. The van der Waals surface area contributed by atoms with Crippen LogP contribution in [0.1, 0.15) is 26.8 Å². The van der Waals surface area contributed by atoms with Crippen molar-refractivity contribution >= 4 is 40.6 Å². The topological polar surface area (TPSA) is 55.1 Å². The average Bonchev–Trinajstić information content (AvgIpc) is 2.68. The van der Waals surface area contributed by atoms with Crippen LogP contribution in [0.25, 0.3) is 0 Å². The molecule has 0 aliphatic carbocycles. The molecule has 4 nitrogen and oxygen atoms in total. The molecule has 1 rings (SSSR count). The molecule has 0 radical (unpaired) electrons. The zero-order valence-corrected chi connectivity index (χ0v) is 12.5. The van der Waals surface area contributed by atoms with Gasteiger partial charge in [-0.05, 0) is 0 Å². The third-order valence-electron chi connectivity index (χ3n) is 2.49. The number of halogens is 3. The number of hydrogen-bond donors (Lipinski definition) is 1. The van der Waals surface area contributed by atoms with Crippen molar-refractivity contribution in [2.45, 2.75) is 36.7 Å². The Hall–Kier alpha value is -0.290. The maximum absolute atomic E-state index is 12.4. The van der Waals surface area contributed by atoms with Crippen LogP contribution in [0.15, 0.2) is 18.7 Å². The van der Waals surface area contributed by atoms with Crippen LogP contribution in [0.4, 0.5) is 0 Å². The minimum absolute atomic E-state index is 0.237. The van der Waals surface area contributed by atoms with E-state index in [1.807, 2.05) is 0 Å². The fourth-order valence-electron chi connectivity index (χ4n) is 1.50. The molecule has 18 heavy (non-hydrogen) atoms. The maximum atomic E-state index is 12.4. The highest BCUT2D eigenvalue weighted by molar-refractivity contribution is 6.68. The Morgan fingerprint density at radius 3 is 2.22 bits per heavy atom. The summed E-state index contributed by atoms with van der Waals surface area (Å²) in [5.74, 6) is -0.237. The number of rotatable bonds is 3. The molecule has 0 fully saturated rings. The van der Waals surface area contributed by atoms with Gasteiger partial charge in [0.15, 0.2) is 5.78 Å². The minimum Gasteiger partial charge on any atom is -0.386 e. The van der Waals surface area contributed by atoms with Gasteiger partial charge in [0.25, 0.3) is 0 Å². The van der Waals surface area contributed by atoms with E-state index < -0.39 is 21.4 Å². The number of Topliss-reactive ketones (excluding diaryl/α,β-unsaturated/α-hetero) is 1. The summed E-state index contributed by atoms with van der Waals surface area (Å²) in [7, 11) is 0. The molecule has 102 valence electrons. The summed E-state index contributed by atoms with van der Waals surface area (Å²) in [6.07, 6.45) is 3.00. The molecule has 0 amide bonds. The summed E-state index contributed by atoms with van der Waals surface area (Å²) in [6, 6.07) is -0.986. The van der Waals surface area contributed by atoms with Gasteiger partial charge in [0, 0.05) is 17.8 Å². The monoisotopic (exact) mass is 312 g/mol. The number of ketones is 1. The van der Waals surface area contributed by atoms with E-state index in [9.17, 15) is 9.90 Å². The van der Waals surface area contributed by atoms with Crippen molar-refractivity contribution in [3.8, 4) is 0 Å². The second-order valence-electron chi connectivity index (χ2n) is 5.06. The van der Waals surface area contributed by atoms with Gasteiger partial charge in [0.05, 0.1) is 6.33 Å². The molecule has 1 aromatic rings. The van der Waals surface area contributed by atoms with Crippen molar-refractivity contribution in [1.29, 1.82) is 0 Å². The van der Waals surface area contributed by atoms with Crippen LogP contribution < -0.4 is 0 Å². The molecule has 1 aromatic heterocycles. The third kappa shape index (κ3) is 3.60. The standard InChI is InChI=1S/C11H15Cl3N2O2/c1-10(2,3)8(17)7(9(18)11(12,13)14)16-5-4-15-6-16/h4-7,9,18H,1-3H3. The molecule has 1 N–H and O–H groups in total. The first kappa shape index (κ1) is 15.8. The van der Waals surface area contributed by atoms with Gasteiger partial charge in [-0.25, -0.2) is 4.98 Å². The summed E-state index contributed by atoms with van der Waals surface area (Å²) >= 11 is 17.1. The fourth-order valence-corrected chi connectivity index (χ4v) is 1.86. The van der Waals surface area contributed by atoms with Crippen molar-refractivity contribution in [2.75, 3.05) is 0 Å². The van der Waals surface area contributed by atoms with E-state index in [2.05, 4.69) is 4.98 Å². The molecule has 1 heterocycles. The summed E-state index contributed by atoms with van der Waals surface area (Å²) in [6.45, 7) is 5.22. The van der Waals surface area contributed by atoms with E-state index in [0.717, 1.165) is 0 Å². The van der Waals surface area contributed by atoms with Crippen LogP contribution in [-0.2, 0) is 4.79 Å². The number of carbonyl (C=O) groups is 1. The van der Waals surface area contributed by atoms with E-state index >= 15 is 0 Å². The quantitative estimate of drug-likeness (QED) is 0.873. The predicted molar refractivity (Wildman–Crippen MR) is 72.0 cm³/mol. The maximum Gasteiger partial charge on any atom is 0.218 e. The van der Waals surface area contributed by atoms with Gasteiger partial charge in [0.2, 0.25) is 3.79 Å². The zero-order chi connectivity index (χ0) is 14.1. The van der Waals surface area contributed by atoms with E-state index in [4.69, 9.17) is 34.8 Å². The highest BCUT2D eigenvalue weighted by Crippen LogP contribution is 2.38. The molecular formula is C11H15Cl3N2O2. The van der Waals surface area contributed by atoms with Gasteiger partial charge >= 0.3 is 0 Å². The highest BCUT2D eigenvalue weighted by atomic mass is 35.6. The zero-order valence-electron chi connectivity index (χ0n) is 10.3. The Morgan fingerprint density at radius 2 is 1.89 bits per heavy atom. The molecule has 0 aliphatic heterocycles. The lowest BCUT2D eigenvalue weighted by molar-refractivity contribution is -0.133. The van der Waals surface area contributed by atoms with Crippen molar-refractivity contribution in [3.05, 3.63) is 18.7 Å². The van der Waals surface area contributed by atoms with Crippen LogP contribution in [0.3, 0.4) is 0 Å². The molecule has 0 saturated heterocycles. The van der Waals surface area contributed by atoms with Gasteiger partial charge in [-0.1, -0.05) is 55.6 Å². The van der Waals surface area contributed by atoms with Gasteiger partial charge < -0.3 is 9.67 Å². The van der Waals surface area contributed by atoms with Crippen molar-refractivity contribution in [2.24, 2.45) is 5.41 Å². The average molecular weight is 314 g/mol. The number of imidazole rings is 1. The van der Waals surface area contributed by atoms with Gasteiger partial charge in [0.1, 0.15) is 12.1 Å². The van der Waals surface area contributed by atoms with Crippen LogP contribution >= 0.6 is 34.8 Å². The largest absolute Gasteiger partial charge is 0.386 e. The van der Waals surface area contributed by atoms with Crippen LogP contribution in [-0.4, -0.2) is 30.3 Å². The number of aromatic nitrogens is 2. The number of carbonyl (C=O) groups excluding carboxylic acids is 1. The molecular weight excluding hydrogens is 298 g/mol. The van der Waals surface area contributed by atoms with E-state index in [1.54, 1.807) is 27.0 Å². The first-order valence-corrected chi connectivity index (χ1v) is 6.45. The summed E-state index contributed by atoms with van der Waals surface area (Å²) in [5, 5.41) is 10.1. The Labute approximate surface area is 121 Å². The Bertz CT molecular complexity index is 407.